The zero-order chi connectivity index (χ0) is 17.1. The van der Waals surface area contributed by atoms with Crippen LogP contribution in [-0.2, 0) is 11.2 Å². The first-order valence-corrected chi connectivity index (χ1v) is 8.49. The number of thioether (sulfide) groups is 1. The number of hydrogen-bond acceptors (Lipinski definition) is 4. The third-order valence-electron chi connectivity index (χ3n) is 3.87. The van der Waals surface area contributed by atoms with E-state index in [0.717, 1.165) is 29.0 Å². The Morgan fingerprint density at radius 1 is 1.25 bits per heavy atom. The minimum absolute atomic E-state index is 0.0256. The van der Waals surface area contributed by atoms with Crippen molar-refractivity contribution in [3.8, 4) is 0 Å². The fourth-order valence-corrected chi connectivity index (χ4v) is 3.49. The van der Waals surface area contributed by atoms with Gasteiger partial charge in [-0.3, -0.25) is 14.9 Å². The van der Waals surface area contributed by atoms with Gasteiger partial charge in [0, 0.05) is 29.3 Å². The highest BCUT2D eigenvalue weighted by atomic mass is 32.2. The first-order chi connectivity index (χ1) is 11.5. The molecule has 0 N–H and O–H groups in total. The minimum atomic E-state index is -0.455. The van der Waals surface area contributed by atoms with E-state index in [9.17, 15) is 19.3 Å². The highest BCUT2D eigenvalue weighted by molar-refractivity contribution is 8.00. The van der Waals surface area contributed by atoms with Gasteiger partial charge in [0.1, 0.15) is 5.82 Å². The fourth-order valence-electron chi connectivity index (χ4n) is 2.71. The van der Waals surface area contributed by atoms with Gasteiger partial charge in [-0.2, -0.15) is 0 Å². The van der Waals surface area contributed by atoms with Crippen molar-refractivity contribution in [1.82, 2.24) is 0 Å². The fraction of sp³-hybridized carbons (Fsp3) is 0.235. The molecule has 7 heteroatoms. The summed E-state index contributed by atoms with van der Waals surface area (Å²) in [5, 5.41) is 10.6. The quantitative estimate of drug-likeness (QED) is 0.480. The number of non-ortho nitro benzene ring substituents is 1. The first kappa shape index (κ1) is 16.4. The second-order valence-corrected chi connectivity index (χ2v) is 6.51. The first-order valence-electron chi connectivity index (χ1n) is 7.50. The van der Waals surface area contributed by atoms with Gasteiger partial charge in [0.05, 0.1) is 10.7 Å². The van der Waals surface area contributed by atoms with Crippen molar-refractivity contribution in [2.75, 3.05) is 17.2 Å². The summed E-state index contributed by atoms with van der Waals surface area (Å²) in [4.78, 5) is 25.2. The Balaban J connectivity index is 1.67. The van der Waals surface area contributed by atoms with E-state index in [1.54, 1.807) is 23.1 Å². The average molecular weight is 346 g/mol. The van der Waals surface area contributed by atoms with Crippen molar-refractivity contribution in [1.29, 1.82) is 0 Å². The minimum Gasteiger partial charge on any atom is -0.311 e. The molecule has 0 fully saturated rings. The van der Waals surface area contributed by atoms with Crippen molar-refractivity contribution in [3.05, 3.63) is 64.0 Å². The lowest BCUT2D eigenvalue weighted by atomic mass is 10.0. The van der Waals surface area contributed by atoms with Gasteiger partial charge in [-0.25, -0.2) is 4.39 Å². The van der Waals surface area contributed by atoms with Crippen molar-refractivity contribution < 1.29 is 14.1 Å². The van der Waals surface area contributed by atoms with Gasteiger partial charge in [-0.15, -0.1) is 11.8 Å². The third-order valence-corrected chi connectivity index (χ3v) is 4.87. The molecule has 124 valence electrons. The maximum Gasteiger partial charge on any atom is 0.269 e. The lowest BCUT2D eigenvalue weighted by Crippen LogP contribution is -2.36. The summed E-state index contributed by atoms with van der Waals surface area (Å²) in [6.07, 6.45) is 1.58. The van der Waals surface area contributed by atoms with Crippen LogP contribution >= 0.6 is 11.8 Å². The Morgan fingerprint density at radius 2 is 2.00 bits per heavy atom. The molecule has 1 amide bonds. The van der Waals surface area contributed by atoms with E-state index in [1.165, 1.54) is 36.0 Å². The number of benzene rings is 2. The van der Waals surface area contributed by atoms with Gasteiger partial charge < -0.3 is 4.90 Å². The third kappa shape index (κ3) is 3.56. The Kier molecular flexibility index (Phi) is 4.80. The summed E-state index contributed by atoms with van der Waals surface area (Å²) >= 11 is 1.33. The van der Waals surface area contributed by atoms with E-state index in [0.29, 0.717) is 6.54 Å². The van der Waals surface area contributed by atoms with Crippen LogP contribution < -0.4 is 4.90 Å². The molecule has 0 aliphatic carbocycles. The molecule has 1 aliphatic rings. The molecular formula is C17H15FN2O3S. The van der Waals surface area contributed by atoms with Crippen molar-refractivity contribution in [2.24, 2.45) is 0 Å². The normalized spacial score (nSPS) is 13.5. The maximum absolute atomic E-state index is 13.3. The van der Waals surface area contributed by atoms with Crippen molar-refractivity contribution in [2.45, 2.75) is 17.7 Å². The van der Waals surface area contributed by atoms with Crippen molar-refractivity contribution in [3.63, 3.8) is 0 Å². The molecule has 0 saturated carbocycles. The highest BCUT2D eigenvalue weighted by Gasteiger charge is 2.22. The summed E-state index contributed by atoms with van der Waals surface area (Å²) in [6.45, 7) is 0.623. The molecule has 1 aliphatic heterocycles. The topological polar surface area (TPSA) is 63.4 Å². The smallest absolute Gasteiger partial charge is 0.269 e. The summed E-state index contributed by atoms with van der Waals surface area (Å²) in [7, 11) is 0. The molecule has 0 atom stereocenters. The average Bonchev–Trinajstić information content (AvgIpc) is 2.59. The number of hydrogen-bond donors (Lipinski definition) is 0. The zero-order valence-corrected chi connectivity index (χ0v) is 13.6. The van der Waals surface area contributed by atoms with Crippen LogP contribution in [0, 0.1) is 15.9 Å². The molecule has 0 unspecified atom stereocenters. The lowest BCUT2D eigenvalue weighted by Gasteiger charge is -2.29. The largest absolute Gasteiger partial charge is 0.311 e. The second kappa shape index (κ2) is 7.00. The van der Waals surface area contributed by atoms with E-state index >= 15 is 0 Å². The van der Waals surface area contributed by atoms with Gasteiger partial charge in [0.2, 0.25) is 5.91 Å². The number of carbonyl (C=O) groups is 1. The van der Waals surface area contributed by atoms with Crippen LogP contribution in [0.25, 0.3) is 0 Å². The molecule has 0 bridgehead atoms. The van der Waals surface area contributed by atoms with E-state index < -0.39 is 4.92 Å². The lowest BCUT2D eigenvalue weighted by molar-refractivity contribution is -0.384. The van der Waals surface area contributed by atoms with Gasteiger partial charge in [0.25, 0.3) is 5.69 Å². The van der Waals surface area contributed by atoms with Crippen LogP contribution in [0.2, 0.25) is 0 Å². The standard InChI is InChI=1S/C17H15FN2O3S/c18-13-3-8-16-12(10-13)2-1-9-19(16)17(21)11-24-15-6-4-14(5-7-15)20(22)23/h3-8,10H,1-2,9,11H2. The predicted molar refractivity (Wildman–Crippen MR) is 90.9 cm³/mol. The molecule has 3 rings (SSSR count). The molecular weight excluding hydrogens is 331 g/mol. The molecule has 0 radical (unpaired) electrons. The maximum atomic E-state index is 13.3. The van der Waals surface area contributed by atoms with Crippen molar-refractivity contribution >= 4 is 29.0 Å². The summed E-state index contributed by atoms with van der Waals surface area (Å²) in [5.41, 5.74) is 1.66. The number of halogens is 1. The van der Waals surface area contributed by atoms with Gasteiger partial charge in [-0.1, -0.05) is 0 Å². The number of nitrogens with zero attached hydrogens (tertiary/aromatic N) is 2. The molecule has 0 saturated heterocycles. The molecule has 2 aromatic carbocycles. The van der Waals surface area contributed by atoms with Crippen LogP contribution in [0.15, 0.2) is 47.4 Å². The SMILES string of the molecule is O=C(CSc1ccc([N+](=O)[O-])cc1)N1CCCc2cc(F)ccc21. The Labute approximate surface area is 142 Å². The second-order valence-electron chi connectivity index (χ2n) is 5.46. The Morgan fingerprint density at radius 3 is 2.71 bits per heavy atom. The van der Waals surface area contributed by atoms with Crippen LogP contribution in [-0.4, -0.2) is 23.1 Å². The summed E-state index contributed by atoms with van der Waals surface area (Å²) in [5.74, 6) is -0.108. The van der Waals surface area contributed by atoms with Gasteiger partial charge in [-0.05, 0) is 48.7 Å². The van der Waals surface area contributed by atoms with Crippen LogP contribution in [0.4, 0.5) is 15.8 Å². The number of fused-ring (bicyclic) bond motifs is 1. The van der Waals surface area contributed by atoms with E-state index in [2.05, 4.69) is 0 Å². The number of carbonyl (C=O) groups excluding carboxylic acids is 1. The Bertz CT molecular complexity index is 780. The predicted octanol–water partition coefficient (Wildman–Crippen LogP) is 3.81. The molecule has 0 aromatic heterocycles. The van der Waals surface area contributed by atoms with Crippen LogP contribution in [0.5, 0.6) is 0 Å². The Hall–Kier alpha value is -2.41. The molecule has 2 aromatic rings. The van der Waals surface area contributed by atoms with E-state index in [-0.39, 0.29) is 23.2 Å². The number of nitro groups is 1. The van der Waals surface area contributed by atoms with E-state index in [4.69, 9.17) is 0 Å². The monoisotopic (exact) mass is 346 g/mol. The number of anilines is 1. The zero-order valence-electron chi connectivity index (χ0n) is 12.8. The number of rotatable bonds is 4. The number of amides is 1. The van der Waals surface area contributed by atoms with E-state index in [1.807, 2.05) is 0 Å². The number of nitro benzene ring substituents is 1. The number of aryl methyl sites for hydroxylation is 1. The summed E-state index contributed by atoms with van der Waals surface area (Å²) in [6, 6.07) is 10.6. The van der Waals surface area contributed by atoms with Gasteiger partial charge in [0.15, 0.2) is 0 Å². The molecule has 5 nitrogen and oxygen atoms in total. The van der Waals surface area contributed by atoms with Gasteiger partial charge >= 0.3 is 0 Å². The highest BCUT2D eigenvalue weighted by Crippen LogP contribution is 2.29. The van der Waals surface area contributed by atoms with Crippen LogP contribution in [0.1, 0.15) is 12.0 Å². The van der Waals surface area contributed by atoms with Crippen LogP contribution in [0.3, 0.4) is 0 Å². The molecule has 24 heavy (non-hydrogen) atoms. The summed E-state index contributed by atoms with van der Waals surface area (Å²) < 4.78 is 13.3. The molecule has 0 spiro atoms. The molecule has 1 heterocycles.